The van der Waals surface area contributed by atoms with Crippen molar-refractivity contribution in [1.29, 1.82) is 0 Å². The van der Waals surface area contributed by atoms with Crippen molar-refractivity contribution in [2.75, 3.05) is 18.2 Å². The molecule has 0 spiro atoms. The van der Waals surface area contributed by atoms with Gasteiger partial charge in [0.05, 0.1) is 17.8 Å². The molecule has 1 N–H and O–H groups in total. The van der Waals surface area contributed by atoms with Crippen LogP contribution in [-0.4, -0.2) is 27.2 Å². The van der Waals surface area contributed by atoms with Gasteiger partial charge in [-0.2, -0.15) is 0 Å². The highest BCUT2D eigenvalue weighted by Gasteiger charge is 2.15. The van der Waals surface area contributed by atoms with Gasteiger partial charge in [0.25, 0.3) is 0 Å². The van der Waals surface area contributed by atoms with Gasteiger partial charge in [0.1, 0.15) is 11.6 Å². The number of amides is 1. The summed E-state index contributed by atoms with van der Waals surface area (Å²) in [7, 11) is -1.94. The molecule has 0 aromatic heterocycles. The molecule has 5 nitrogen and oxygen atoms in total. The third-order valence-electron chi connectivity index (χ3n) is 3.36. The second kappa shape index (κ2) is 7.92. The molecule has 2 aromatic rings. The molecule has 24 heavy (non-hydrogen) atoms. The normalized spacial score (nSPS) is 11.1. The van der Waals surface area contributed by atoms with Gasteiger partial charge in [0.15, 0.2) is 9.84 Å². The number of anilines is 1. The van der Waals surface area contributed by atoms with Crippen molar-refractivity contribution in [3.63, 3.8) is 0 Å². The van der Waals surface area contributed by atoms with E-state index in [1.165, 1.54) is 43.5 Å². The van der Waals surface area contributed by atoms with Crippen LogP contribution in [0.3, 0.4) is 0 Å². The Morgan fingerprint density at radius 1 is 1.08 bits per heavy atom. The third-order valence-corrected chi connectivity index (χ3v) is 5.18. The van der Waals surface area contributed by atoms with Gasteiger partial charge >= 0.3 is 0 Å². The van der Waals surface area contributed by atoms with E-state index in [2.05, 4.69) is 5.32 Å². The fraction of sp³-hybridized carbons (Fsp3) is 0.235. The Labute approximate surface area is 140 Å². The fourth-order valence-electron chi connectivity index (χ4n) is 2.08. The van der Waals surface area contributed by atoms with Crippen molar-refractivity contribution in [2.45, 2.75) is 17.7 Å². The minimum Gasteiger partial charge on any atom is -0.497 e. The van der Waals surface area contributed by atoms with Crippen LogP contribution in [0, 0.1) is 5.82 Å². The summed E-state index contributed by atoms with van der Waals surface area (Å²) < 4.78 is 42.2. The topological polar surface area (TPSA) is 72.5 Å². The molecule has 0 aliphatic rings. The summed E-state index contributed by atoms with van der Waals surface area (Å²) in [6, 6.07) is 11.5. The summed E-state index contributed by atoms with van der Waals surface area (Å²) >= 11 is 0. The largest absolute Gasteiger partial charge is 0.497 e. The van der Waals surface area contributed by atoms with Crippen LogP contribution in [-0.2, 0) is 14.6 Å². The molecule has 0 aliphatic heterocycles. The quantitative estimate of drug-likeness (QED) is 0.832. The second-order valence-corrected chi connectivity index (χ2v) is 7.26. The number of benzene rings is 2. The molecule has 0 saturated carbocycles. The van der Waals surface area contributed by atoms with E-state index in [0.29, 0.717) is 11.4 Å². The van der Waals surface area contributed by atoms with Gasteiger partial charge in [-0.1, -0.05) is 0 Å². The molecule has 0 aliphatic carbocycles. The number of sulfone groups is 1. The molecule has 0 radical (unpaired) electrons. The van der Waals surface area contributed by atoms with Crippen molar-refractivity contribution in [1.82, 2.24) is 0 Å². The summed E-state index contributed by atoms with van der Waals surface area (Å²) in [4.78, 5) is 12.0. The van der Waals surface area contributed by atoms with Crippen molar-refractivity contribution >= 4 is 21.4 Å². The molecule has 0 unspecified atom stereocenters. The lowest BCUT2D eigenvalue weighted by atomic mass is 10.3. The van der Waals surface area contributed by atoms with E-state index < -0.39 is 15.7 Å². The number of carbonyl (C=O) groups excluding carboxylic acids is 1. The molecule has 0 atom stereocenters. The van der Waals surface area contributed by atoms with E-state index in [0.717, 1.165) is 0 Å². The van der Waals surface area contributed by atoms with Gasteiger partial charge < -0.3 is 10.1 Å². The van der Waals surface area contributed by atoms with Gasteiger partial charge in [-0.05, 0) is 55.0 Å². The maximum atomic E-state index is 12.8. The van der Waals surface area contributed by atoms with Crippen LogP contribution < -0.4 is 10.1 Å². The highest BCUT2D eigenvalue weighted by Crippen LogP contribution is 2.18. The van der Waals surface area contributed by atoms with Crippen LogP contribution in [0.25, 0.3) is 0 Å². The standard InChI is InChI=1S/C17H18FNO4S/c1-23-15-8-10-16(11-9-15)24(21,22)12-2-3-17(20)19-14-6-4-13(18)5-7-14/h4-11H,2-3,12H2,1H3,(H,19,20). The van der Waals surface area contributed by atoms with Crippen LogP contribution in [0.5, 0.6) is 5.75 Å². The first kappa shape index (κ1) is 17.9. The molecule has 0 bridgehead atoms. The summed E-state index contributed by atoms with van der Waals surface area (Å²) in [5.74, 6) is -0.256. The van der Waals surface area contributed by atoms with Crippen molar-refractivity contribution in [3.05, 3.63) is 54.3 Å². The van der Waals surface area contributed by atoms with Crippen LogP contribution >= 0.6 is 0 Å². The molecular formula is C17H18FNO4S. The first-order chi connectivity index (χ1) is 11.4. The highest BCUT2D eigenvalue weighted by molar-refractivity contribution is 7.91. The summed E-state index contributed by atoms with van der Waals surface area (Å²) in [5.41, 5.74) is 0.472. The zero-order valence-corrected chi connectivity index (χ0v) is 14.0. The lowest BCUT2D eigenvalue weighted by Crippen LogP contribution is -2.14. The average molecular weight is 351 g/mol. The number of halogens is 1. The minimum atomic E-state index is -3.44. The third kappa shape index (κ3) is 5.06. The van der Waals surface area contributed by atoms with Crippen LogP contribution in [0.2, 0.25) is 0 Å². The first-order valence-electron chi connectivity index (χ1n) is 7.33. The number of ether oxygens (including phenoxy) is 1. The molecule has 0 heterocycles. The first-order valence-corrected chi connectivity index (χ1v) is 8.98. The van der Waals surface area contributed by atoms with Crippen molar-refractivity contribution in [2.24, 2.45) is 0 Å². The Morgan fingerprint density at radius 2 is 1.71 bits per heavy atom. The van der Waals surface area contributed by atoms with Gasteiger partial charge in [-0.15, -0.1) is 0 Å². The monoisotopic (exact) mass is 351 g/mol. The zero-order valence-electron chi connectivity index (χ0n) is 13.2. The van der Waals surface area contributed by atoms with Gasteiger partial charge in [-0.25, -0.2) is 12.8 Å². The number of methoxy groups -OCH3 is 1. The second-order valence-electron chi connectivity index (χ2n) is 5.15. The smallest absolute Gasteiger partial charge is 0.224 e. The molecule has 7 heteroatoms. The van der Waals surface area contributed by atoms with E-state index in [1.54, 1.807) is 12.1 Å². The summed E-state index contributed by atoms with van der Waals surface area (Å²) in [6.07, 6.45) is 0.258. The lowest BCUT2D eigenvalue weighted by Gasteiger charge is -2.07. The number of carbonyl (C=O) groups is 1. The van der Waals surface area contributed by atoms with E-state index in [1.807, 2.05) is 0 Å². The summed E-state index contributed by atoms with van der Waals surface area (Å²) in [5, 5.41) is 2.59. The van der Waals surface area contributed by atoms with Gasteiger partial charge in [0.2, 0.25) is 5.91 Å². The van der Waals surface area contributed by atoms with E-state index in [-0.39, 0.29) is 29.4 Å². The van der Waals surface area contributed by atoms with Gasteiger partial charge in [-0.3, -0.25) is 4.79 Å². The molecular weight excluding hydrogens is 333 g/mol. The molecule has 0 fully saturated rings. The maximum absolute atomic E-state index is 12.8. The predicted molar refractivity (Wildman–Crippen MR) is 89.3 cm³/mol. The van der Waals surface area contributed by atoms with E-state index >= 15 is 0 Å². The van der Waals surface area contributed by atoms with Crippen molar-refractivity contribution in [3.8, 4) is 5.75 Å². The van der Waals surface area contributed by atoms with E-state index in [4.69, 9.17) is 4.74 Å². The maximum Gasteiger partial charge on any atom is 0.224 e. The average Bonchev–Trinajstić information content (AvgIpc) is 2.57. The Hall–Kier alpha value is -2.41. The van der Waals surface area contributed by atoms with Gasteiger partial charge in [0, 0.05) is 12.1 Å². The molecule has 2 rings (SSSR count). The number of hydrogen-bond acceptors (Lipinski definition) is 4. The van der Waals surface area contributed by atoms with E-state index in [9.17, 15) is 17.6 Å². The zero-order chi connectivity index (χ0) is 17.6. The molecule has 2 aromatic carbocycles. The lowest BCUT2D eigenvalue weighted by molar-refractivity contribution is -0.116. The molecule has 0 saturated heterocycles. The molecule has 1 amide bonds. The Balaban J connectivity index is 1.85. The highest BCUT2D eigenvalue weighted by atomic mass is 32.2. The Kier molecular flexibility index (Phi) is 5.92. The Bertz CT molecular complexity index is 786. The minimum absolute atomic E-state index is 0.0623. The number of nitrogens with one attached hydrogen (secondary N) is 1. The predicted octanol–water partition coefficient (Wildman–Crippen LogP) is 3.03. The number of rotatable bonds is 7. The Morgan fingerprint density at radius 3 is 2.29 bits per heavy atom. The SMILES string of the molecule is COc1ccc(S(=O)(=O)CCCC(=O)Nc2ccc(F)cc2)cc1. The van der Waals surface area contributed by atoms with Crippen LogP contribution in [0.4, 0.5) is 10.1 Å². The van der Waals surface area contributed by atoms with Crippen molar-refractivity contribution < 1.29 is 22.3 Å². The number of hydrogen-bond donors (Lipinski definition) is 1. The summed E-state index contributed by atoms with van der Waals surface area (Å²) in [6.45, 7) is 0. The molecule has 128 valence electrons. The fourth-order valence-corrected chi connectivity index (χ4v) is 3.39. The van der Waals surface area contributed by atoms with Crippen LogP contribution in [0.1, 0.15) is 12.8 Å². The van der Waals surface area contributed by atoms with Crippen LogP contribution in [0.15, 0.2) is 53.4 Å².